The molecule has 3 atom stereocenters. The molecule has 0 bridgehead atoms. The van der Waals surface area contributed by atoms with Crippen molar-refractivity contribution in [1.82, 2.24) is 14.8 Å². The van der Waals surface area contributed by atoms with E-state index in [0.29, 0.717) is 54.2 Å². The highest BCUT2D eigenvalue weighted by atomic mass is 19.4. The number of alkyl halides is 3. The van der Waals surface area contributed by atoms with Gasteiger partial charge in [0.2, 0.25) is 0 Å². The Balaban J connectivity index is 1.67. The van der Waals surface area contributed by atoms with E-state index in [0.717, 1.165) is 18.0 Å². The summed E-state index contributed by atoms with van der Waals surface area (Å²) in [5.74, 6) is 1.38. The molecule has 24 heavy (non-hydrogen) atoms. The standard InChI is InChI=1S/C17H16F3N3O/c1-2-23-15(16-12-4-11(24)5-13(12)16)6-14(22-23)9-3-10(8-21-7-9)17(18,19)20/h3,6-8,12-13,16H,2,4-5H2,1H3/t12-,13+,16?. The van der Waals surface area contributed by atoms with Gasteiger partial charge in [-0.25, -0.2) is 0 Å². The lowest BCUT2D eigenvalue weighted by molar-refractivity contribution is -0.137. The van der Waals surface area contributed by atoms with E-state index in [2.05, 4.69) is 10.1 Å². The molecule has 4 rings (SSSR count). The van der Waals surface area contributed by atoms with Crippen LogP contribution in [0.15, 0.2) is 24.5 Å². The predicted molar refractivity (Wildman–Crippen MR) is 80.1 cm³/mol. The number of hydrogen-bond acceptors (Lipinski definition) is 3. The Kier molecular flexibility index (Phi) is 3.30. The number of carbonyl (C=O) groups is 1. The van der Waals surface area contributed by atoms with Gasteiger partial charge < -0.3 is 0 Å². The summed E-state index contributed by atoms with van der Waals surface area (Å²) in [7, 11) is 0. The molecule has 0 aromatic carbocycles. The molecule has 126 valence electrons. The third-order valence-electron chi connectivity index (χ3n) is 5.07. The highest BCUT2D eigenvalue weighted by Gasteiger charge is 2.57. The van der Waals surface area contributed by atoms with Gasteiger partial charge in [-0.05, 0) is 30.9 Å². The fourth-order valence-electron chi connectivity index (χ4n) is 3.88. The zero-order chi connectivity index (χ0) is 17.1. The van der Waals surface area contributed by atoms with Crippen LogP contribution in [0.2, 0.25) is 0 Å². The van der Waals surface area contributed by atoms with Gasteiger partial charge in [0.15, 0.2) is 0 Å². The van der Waals surface area contributed by atoms with E-state index in [1.807, 2.05) is 17.7 Å². The zero-order valence-corrected chi connectivity index (χ0v) is 13.0. The van der Waals surface area contributed by atoms with Gasteiger partial charge in [0, 0.05) is 49.0 Å². The van der Waals surface area contributed by atoms with Crippen LogP contribution < -0.4 is 0 Å². The molecule has 0 radical (unpaired) electrons. The largest absolute Gasteiger partial charge is 0.417 e. The van der Waals surface area contributed by atoms with Crippen molar-refractivity contribution in [2.75, 3.05) is 0 Å². The van der Waals surface area contributed by atoms with Crippen LogP contribution in [0.4, 0.5) is 13.2 Å². The Bertz CT molecular complexity index is 798. The van der Waals surface area contributed by atoms with Crippen molar-refractivity contribution in [2.24, 2.45) is 11.8 Å². The molecule has 0 amide bonds. The molecule has 1 unspecified atom stereocenters. The van der Waals surface area contributed by atoms with Gasteiger partial charge in [-0.1, -0.05) is 0 Å². The van der Waals surface area contributed by atoms with Crippen LogP contribution in [0.5, 0.6) is 0 Å². The summed E-state index contributed by atoms with van der Waals surface area (Å²) >= 11 is 0. The second-order valence-corrected chi connectivity index (χ2v) is 6.53. The Morgan fingerprint density at radius 3 is 2.54 bits per heavy atom. The molecule has 2 saturated carbocycles. The SMILES string of the molecule is CCn1nc(-c2cncc(C(F)(F)F)c2)cc1C1[C@H]2CC(=O)C[C@@H]12. The van der Waals surface area contributed by atoms with E-state index in [4.69, 9.17) is 0 Å². The average Bonchev–Trinajstić information content (AvgIpc) is 2.89. The number of fused-ring (bicyclic) bond motifs is 1. The van der Waals surface area contributed by atoms with Crippen molar-refractivity contribution >= 4 is 5.78 Å². The number of halogens is 3. The number of ketones is 1. The van der Waals surface area contributed by atoms with E-state index >= 15 is 0 Å². The van der Waals surface area contributed by atoms with Crippen LogP contribution >= 0.6 is 0 Å². The molecular formula is C17H16F3N3O. The maximum atomic E-state index is 12.9. The summed E-state index contributed by atoms with van der Waals surface area (Å²) in [6.07, 6.45) is -0.973. The van der Waals surface area contributed by atoms with Gasteiger partial charge in [0.05, 0.1) is 11.3 Å². The van der Waals surface area contributed by atoms with Crippen molar-refractivity contribution in [3.63, 3.8) is 0 Å². The van der Waals surface area contributed by atoms with Crippen molar-refractivity contribution in [2.45, 2.75) is 38.4 Å². The van der Waals surface area contributed by atoms with Crippen LogP contribution in [0.1, 0.15) is 36.9 Å². The summed E-state index contributed by atoms with van der Waals surface area (Å²) in [6.45, 7) is 2.60. The quantitative estimate of drug-likeness (QED) is 0.860. The van der Waals surface area contributed by atoms with Crippen LogP contribution in [-0.4, -0.2) is 20.5 Å². The normalized spacial score (nSPS) is 25.8. The molecule has 0 N–H and O–H groups in total. The van der Waals surface area contributed by atoms with Crippen LogP contribution in [0.25, 0.3) is 11.3 Å². The molecular weight excluding hydrogens is 319 g/mol. The highest BCUT2D eigenvalue weighted by molar-refractivity contribution is 5.83. The summed E-state index contributed by atoms with van der Waals surface area (Å²) in [5.41, 5.74) is 1.11. The molecule has 0 aliphatic heterocycles. The first-order valence-electron chi connectivity index (χ1n) is 8.00. The first kappa shape index (κ1) is 15.4. The lowest BCUT2D eigenvalue weighted by Gasteiger charge is -2.06. The number of aromatic nitrogens is 3. The minimum Gasteiger partial charge on any atom is -0.300 e. The molecule has 7 heteroatoms. The van der Waals surface area contributed by atoms with Crippen molar-refractivity contribution in [3.8, 4) is 11.3 Å². The minimum absolute atomic E-state index is 0.308. The lowest BCUT2D eigenvalue weighted by Crippen LogP contribution is -2.06. The number of aryl methyl sites for hydroxylation is 1. The number of nitrogens with zero attached hydrogens (tertiary/aromatic N) is 3. The fourth-order valence-corrected chi connectivity index (χ4v) is 3.88. The van der Waals surface area contributed by atoms with Gasteiger partial charge in [0.25, 0.3) is 0 Å². The molecule has 0 spiro atoms. The van der Waals surface area contributed by atoms with Crippen molar-refractivity contribution in [3.05, 3.63) is 35.8 Å². The topological polar surface area (TPSA) is 47.8 Å². The first-order valence-corrected chi connectivity index (χ1v) is 8.00. The van der Waals surface area contributed by atoms with Crippen LogP contribution in [-0.2, 0) is 17.5 Å². The van der Waals surface area contributed by atoms with E-state index < -0.39 is 11.7 Å². The Hall–Kier alpha value is -2.18. The zero-order valence-electron chi connectivity index (χ0n) is 13.0. The molecule has 4 nitrogen and oxygen atoms in total. The monoisotopic (exact) mass is 335 g/mol. The number of pyridine rings is 1. The number of carbonyl (C=O) groups excluding carboxylic acids is 1. The third-order valence-corrected chi connectivity index (χ3v) is 5.07. The smallest absolute Gasteiger partial charge is 0.300 e. The molecule has 0 saturated heterocycles. The molecule has 2 aromatic heterocycles. The van der Waals surface area contributed by atoms with Gasteiger partial charge in [0.1, 0.15) is 5.78 Å². The van der Waals surface area contributed by atoms with Crippen LogP contribution in [0.3, 0.4) is 0 Å². The van der Waals surface area contributed by atoms with Gasteiger partial charge in [-0.3, -0.25) is 14.5 Å². The van der Waals surface area contributed by atoms with Crippen molar-refractivity contribution in [1.29, 1.82) is 0 Å². The highest BCUT2D eigenvalue weighted by Crippen LogP contribution is 2.62. The predicted octanol–water partition coefficient (Wildman–Crippen LogP) is 3.68. The summed E-state index contributed by atoms with van der Waals surface area (Å²) in [5, 5.41) is 4.45. The number of Topliss-reactive ketones (excluding diaryl/α,β-unsaturated/α-hetero) is 1. The fraction of sp³-hybridized carbons (Fsp3) is 0.471. The van der Waals surface area contributed by atoms with Crippen molar-refractivity contribution < 1.29 is 18.0 Å². The van der Waals surface area contributed by atoms with Gasteiger partial charge in [-0.2, -0.15) is 18.3 Å². The molecule has 2 fully saturated rings. The second kappa shape index (κ2) is 5.16. The number of rotatable bonds is 3. The summed E-state index contributed by atoms with van der Waals surface area (Å²) in [4.78, 5) is 15.1. The van der Waals surface area contributed by atoms with E-state index in [1.54, 1.807) is 0 Å². The van der Waals surface area contributed by atoms with Gasteiger partial charge in [-0.15, -0.1) is 0 Å². The minimum atomic E-state index is -4.42. The molecule has 2 aliphatic carbocycles. The maximum Gasteiger partial charge on any atom is 0.417 e. The van der Waals surface area contributed by atoms with Crippen LogP contribution in [0, 0.1) is 11.8 Å². The number of hydrogen-bond donors (Lipinski definition) is 0. The third kappa shape index (κ3) is 2.42. The molecule has 2 heterocycles. The Morgan fingerprint density at radius 2 is 1.92 bits per heavy atom. The average molecular weight is 335 g/mol. The van der Waals surface area contributed by atoms with E-state index in [1.165, 1.54) is 6.20 Å². The first-order chi connectivity index (χ1) is 11.4. The van der Waals surface area contributed by atoms with E-state index in [-0.39, 0.29) is 0 Å². The molecule has 2 aliphatic rings. The maximum absolute atomic E-state index is 12.9. The van der Waals surface area contributed by atoms with Gasteiger partial charge >= 0.3 is 6.18 Å². The summed E-state index contributed by atoms with van der Waals surface area (Å²) in [6, 6.07) is 2.94. The molecule has 2 aromatic rings. The van der Waals surface area contributed by atoms with E-state index in [9.17, 15) is 18.0 Å². The summed E-state index contributed by atoms with van der Waals surface area (Å²) < 4.78 is 40.4. The Labute approximate surface area is 136 Å². The lowest BCUT2D eigenvalue weighted by atomic mass is 10.1. The second-order valence-electron chi connectivity index (χ2n) is 6.53. The Morgan fingerprint density at radius 1 is 1.21 bits per heavy atom.